The van der Waals surface area contributed by atoms with Crippen LogP contribution in [0.5, 0.6) is 5.75 Å². The van der Waals surface area contributed by atoms with Crippen LogP contribution in [0, 0.1) is 5.82 Å². The Balaban J connectivity index is 1.53. The first-order valence-corrected chi connectivity index (χ1v) is 10.1. The third kappa shape index (κ3) is 5.65. The first-order valence-electron chi connectivity index (χ1n) is 10.1. The van der Waals surface area contributed by atoms with Gasteiger partial charge in [0.1, 0.15) is 5.82 Å². The highest BCUT2D eigenvalue weighted by Crippen LogP contribution is 2.35. The second kappa shape index (κ2) is 10.0. The molecule has 0 bridgehead atoms. The van der Waals surface area contributed by atoms with Crippen molar-refractivity contribution in [3.05, 3.63) is 53.5 Å². The Morgan fingerprint density at radius 3 is 2.79 bits per heavy atom. The maximum absolute atomic E-state index is 13.6. The fourth-order valence-electron chi connectivity index (χ4n) is 3.87. The third-order valence-electron chi connectivity index (χ3n) is 5.58. The lowest BCUT2D eigenvalue weighted by molar-refractivity contribution is 0.105. The number of ether oxygens (including phenoxy) is 1. The quantitative estimate of drug-likeness (QED) is 0.515. The number of halogens is 1. The van der Waals surface area contributed by atoms with Gasteiger partial charge in [-0.2, -0.15) is 0 Å². The van der Waals surface area contributed by atoms with Crippen molar-refractivity contribution in [3.63, 3.8) is 0 Å². The van der Waals surface area contributed by atoms with Crippen molar-refractivity contribution in [2.45, 2.75) is 50.3 Å². The Morgan fingerprint density at radius 1 is 1.28 bits per heavy atom. The van der Waals surface area contributed by atoms with Gasteiger partial charge in [-0.3, -0.25) is 0 Å². The highest BCUT2D eigenvalue weighted by molar-refractivity contribution is 5.37. The van der Waals surface area contributed by atoms with Gasteiger partial charge < -0.3 is 25.6 Å². The number of nitrogens with zero attached hydrogens (tertiary/aromatic N) is 1. The van der Waals surface area contributed by atoms with Crippen LogP contribution in [-0.2, 0) is 0 Å². The van der Waals surface area contributed by atoms with Gasteiger partial charge in [-0.25, -0.2) is 9.37 Å². The molecule has 4 N–H and O–H groups in total. The van der Waals surface area contributed by atoms with E-state index in [1.165, 1.54) is 18.7 Å². The maximum atomic E-state index is 13.6. The molecule has 29 heavy (non-hydrogen) atoms. The molecule has 1 aromatic heterocycles. The Labute approximate surface area is 171 Å². The summed E-state index contributed by atoms with van der Waals surface area (Å²) in [5, 5.41) is 24.9. The van der Waals surface area contributed by atoms with Gasteiger partial charge in [-0.1, -0.05) is 12.1 Å². The molecule has 0 amide bonds. The summed E-state index contributed by atoms with van der Waals surface area (Å²) in [6.07, 6.45) is 4.29. The number of hydrogen-bond donors (Lipinski definition) is 4. The number of hydrogen-bond acceptors (Lipinski definition) is 6. The van der Waals surface area contributed by atoms with E-state index in [1.54, 1.807) is 12.1 Å². The van der Waals surface area contributed by atoms with Crippen LogP contribution >= 0.6 is 0 Å². The third-order valence-corrected chi connectivity index (χ3v) is 5.58. The second-order valence-corrected chi connectivity index (χ2v) is 7.68. The van der Waals surface area contributed by atoms with E-state index in [-0.39, 0.29) is 30.8 Å². The summed E-state index contributed by atoms with van der Waals surface area (Å²) < 4.78 is 18.7. The van der Waals surface area contributed by atoms with Crippen LogP contribution in [0.15, 0.2) is 36.5 Å². The Bertz CT molecular complexity index is 787. The Morgan fingerprint density at radius 2 is 2.10 bits per heavy atom. The molecule has 2 aromatic rings. The van der Waals surface area contributed by atoms with E-state index < -0.39 is 6.10 Å². The molecule has 1 saturated carbocycles. The molecule has 1 aliphatic carbocycles. The van der Waals surface area contributed by atoms with E-state index in [2.05, 4.69) is 28.6 Å². The van der Waals surface area contributed by atoms with Gasteiger partial charge in [0.05, 0.1) is 19.8 Å². The minimum Gasteiger partial charge on any atom is -0.494 e. The lowest BCUT2D eigenvalue weighted by atomic mass is 9.99. The molecule has 1 heterocycles. The van der Waals surface area contributed by atoms with Crippen LogP contribution in [0.1, 0.15) is 49.3 Å². The number of methoxy groups -OCH3 is 1. The van der Waals surface area contributed by atoms with Gasteiger partial charge in [-0.05, 0) is 61.4 Å². The van der Waals surface area contributed by atoms with Crippen LogP contribution in [0.3, 0.4) is 0 Å². The molecule has 1 fully saturated rings. The van der Waals surface area contributed by atoms with E-state index in [4.69, 9.17) is 9.84 Å². The average molecular weight is 403 g/mol. The summed E-state index contributed by atoms with van der Waals surface area (Å²) in [6, 6.07) is 9.48. The van der Waals surface area contributed by atoms with E-state index in [1.807, 2.05) is 12.3 Å². The van der Waals surface area contributed by atoms with Crippen LogP contribution < -0.4 is 15.4 Å². The molecule has 4 unspecified atom stereocenters. The fourth-order valence-corrected chi connectivity index (χ4v) is 3.87. The number of benzene rings is 1. The Kier molecular flexibility index (Phi) is 7.41. The molecule has 158 valence electrons. The van der Waals surface area contributed by atoms with Gasteiger partial charge in [0.15, 0.2) is 11.6 Å². The molecule has 1 aliphatic rings. The van der Waals surface area contributed by atoms with E-state index >= 15 is 0 Å². The highest BCUT2D eigenvalue weighted by atomic mass is 19.1. The Hall–Kier alpha value is -2.22. The van der Waals surface area contributed by atoms with Crippen molar-refractivity contribution in [1.29, 1.82) is 0 Å². The average Bonchev–Trinajstić information content (AvgIpc) is 3.21. The van der Waals surface area contributed by atoms with Crippen LogP contribution in [0.25, 0.3) is 0 Å². The number of aliphatic hydroxyl groups is 2. The number of aliphatic hydroxyl groups excluding tert-OH is 2. The molecule has 7 heteroatoms. The predicted octanol–water partition coefficient (Wildman–Crippen LogP) is 2.98. The standard InChI is InChI=1S/C22H30FN3O3/c1-14(15-4-7-20(23)21(10-15)29-2)26-18-6-3-16(9-18)17-5-8-22(24-11-17)25-12-19(28)13-27/h4-5,7-8,10-11,14,16,18-19,26-28H,3,6,9,12-13H2,1-2H3,(H,24,25). The van der Waals surface area contributed by atoms with Crippen molar-refractivity contribution in [2.75, 3.05) is 25.6 Å². The van der Waals surface area contributed by atoms with Crippen LogP contribution in [-0.4, -0.2) is 47.6 Å². The predicted molar refractivity (Wildman–Crippen MR) is 111 cm³/mol. The molecule has 0 radical (unpaired) electrons. The number of nitrogens with one attached hydrogen (secondary N) is 2. The molecule has 4 atom stereocenters. The number of aromatic nitrogens is 1. The van der Waals surface area contributed by atoms with Crippen molar-refractivity contribution < 1.29 is 19.3 Å². The summed E-state index contributed by atoms with van der Waals surface area (Å²) in [7, 11) is 1.48. The normalized spacial score (nSPS) is 21.0. The largest absolute Gasteiger partial charge is 0.494 e. The number of pyridine rings is 1. The van der Waals surface area contributed by atoms with E-state index in [0.717, 1.165) is 24.8 Å². The molecule has 3 rings (SSSR count). The molecule has 1 aromatic carbocycles. The second-order valence-electron chi connectivity index (χ2n) is 7.68. The maximum Gasteiger partial charge on any atom is 0.165 e. The van der Waals surface area contributed by atoms with Crippen molar-refractivity contribution in [1.82, 2.24) is 10.3 Å². The summed E-state index contributed by atoms with van der Waals surface area (Å²) in [6.45, 7) is 2.08. The molecular formula is C22H30FN3O3. The van der Waals surface area contributed by atoms with Crippen molar-refractivity contribution >= 4 is 5.82 Å². The summed E-state index contributed by atoms with van der Waals surface area (Å²) in [5.41, 5.74) is 2.22. The van der Waals surface area contributed by atoms with Gasteiger partial charge >= 0.3 is 0 Å². The smallest absolute Gasteiger partial charge is 0.165 e. The number of rotatable bonds is 9. The monoisotopic (exact) mass is 403 g/mol. The van der Waals surface area contributed by atoms with E-state index in [9.17, 15) is 9.50 Å². The minimum atomic E-state index is -0.791. The van der Waals surface area contributed by atoms with Gasteiger partial charge in [0.2, 0.25) is 0 Å². The summed E-state index contributed by atoms with van der Waals surface area (Å²) in [5.74, 6) is 1.06. The summed E-state index contributed by atoms with van der Waals surface area (Å²) in [4.78, 5) is 4.42. The van der Waals surface area contributed by atoms with Crippen molar-refractivity contribution in [3.8, 4) is 5.75 Å². The van der Waals surface area contributed by atoms with Gasteiger partial charge in [0.25, 0.3) is 0 Å². The zero-order chi connectivity index (χ0) is 20.8. The van der Waals surface area contributed by atoms with Gasteiger partial charge in [-0.15, -0.1) is 0 Å². The van der Waals surface area contributed by atoms with Gasteiger partial charge in [0, 0.05) is 24.8 Å². The first kappa shape index (κ1) is 21.5. The zero-order valence-electron chi connectivity index (χ0n) is 16.9. The topological polar surface area (TPSA) is 86.6 Å². The number of anilines is 1. The molecule has 6 nitrogen and oxygen atoms in total. The molecule has 0 saturated heterocycles. The molecular weight excluding hydrogens is 373 g/mol. The lowest BCUT2D eigenvalue weighted by Gasteiger charge is -2.21. The first-order chi connectivity index (χ1) is 14.0. The zero-order valence-corrected chi connectivity index (χ0v) is 16.9. The molecule has 0 spiro atoms. The van der Waals surface area contributed by atoms with Crippen molar-refractivity contribution in [2.24, 2.45) is 0 Å². The fraction of sp³-hybridized carbons (Fsp3) is 0.500. The van der Waals surface area contributed by atoms with E-state index in [0.29, 0.717) is 17.8 Å². The van der Waals surface area contributed by atoms with Crippen LogP contribution in [0.2, 0.25) is 0 Å². The lowest BCUT2D eigenvalue weighted by Crippen LogP contribution is -2.29. The van der Waals surface area contributed by atoms with Crippen LogP contribution in [0.4, 0.5) is 10.2 Å². The highest BCUT2D eigenvalue weighted by Gasteiger charge is 2.27. The molecule has 0 aliphatic heterocycles. The SMILES string of the molecule is COc1cc(C(C)NC2CCC(c3ccc(NCC(O)CO)nc3)C2)ccc1F. The minimum absolute atomic E-state index is 0.107. The summed E-state index contributed by atoms with van der Waals surface area (Å²) >= 11 is 0.